The lowest BCUT2D eigenvalue weighted by Gasteiger charge is -2.30. The van der Waals surface area contributed by atoms with Crippen LogP contribution in [0.5, 0.6) is 0 Å². The monoisotopic (exact) mass is 265 g/mol. The largest absolute Gasteiger partial charge is 0.378 e. The molecule has 0 aromatic heterocycles. The molecule has 1 heterocycles. The number of piperazine rings is 1. The van der Waals surface area contributed by atoms with Crippen molar-refractivity contribution in [2.24, 2.45) is 0 Å². The molecule has 1 aromatic carbocycles. The smallest absolute Gasteiger partial charge is 0.0646 e. The first-order chi connectivity index (χ1) is 8.59. The number of anilines is 1. The summed E-state index contributed by atoms with van der Waals surface area (Å²) in [6.07, 6.45) is 0. The van der Waals surface area contributed by atoms with Crippen LogP contribution in [0.3, 0.4) is 0 Å². The maximum Gasteiger partial charge on any atom is 0.0646 e. The van der Waals surface area contributed by atoms with Crippen molar-refractivity contribution >= 4 is 23.0 Å². The number of halogens is 1. The van der Waals surface area contributed by atoms with Gasteiger partial charge in [0, 0.05) is 46.0 Å². The zero-order valence-corrected chi connectivity index (χ0v) is 11.8. The van der Waals surface area contributed by atoms with E-state index < -0.39 is 0 Å². The molecule has 0 saturated carbocycles. The van der Waals surface area contributed by atoms with Gasteiger partial charge in [0.1, 0.15) is 0 Å². The SMILES string of the molecule is C=C(c1ccc(N2CCNCC2)c(Cl)c1)N(C)C. The quantitative estimate of drug-likeness (QED) is 0.905. The third kappa shape index (κ3) is 2.79. The Bertz CT molecular complexity index is 437. The summed E-state index contributed by atoms with van der Waals surface area (Å²) in [5.74, 6) is 0. The van der Waals surface area contributed by atoms with Gasteiger partial charge in [0.05, 0.1) is 10.7 Å². The molecule has 0 bridgehead atoms. The number of nitrogens with one attached hydrogen (secondary N) is 1. The van der Waals surface area contributed by atoms with Gasteiger partial charge in [0.2, 0.25) is 0 Å². The number of benzene rings is 1. The fourth-order valence-corrected chi connectivity index (χ4v) is 2.41. The molecule has 0 atom stereocenters. The molecule has 1 fully saturated rings. The molecule has 1 aromatic rings. The summed E-state index contributed by atoms with van der Waals surface area (Å²) < 4.78 is 0. The summed E-state index contributed by atoms with van der Waals surface area (Å²) in [5, 5.41) is 4.15. The Hall–Kier alpha value is -1.19. The van der Waals surface area contributed by atoms with Crippen LogP contribution in [0.2, 0.25) is 5.02 Å². The second kappa shape index (κ2) is 5.63. The Kier molecular flexibility index (Phi) is 4.15. The minimum absolute atomic E-state index is 0.803. The van der Waals surface area contributed by atoms with Crippen molar-refractivity contribution in [3.05, 3.63) is 35.4 Å². The van der Waals surface area contributed by atoms with Crippen LogP contribution in [0.1, 0.15) is 5.56 Å². The molecular weight excluding hydrogens is 246 g/mol. The van der Waals surface area contributed by atoms with Crippen molar-refractivity contribution in [1.82, 2.24) is 10.2 Å². The van der Waals surface area contributed by atoms with Gasteiger partial charge in [-0.25, -0.2) is 0 Å². The van der Waals surface area contributed by atoms with Crippen LogP contribution in [0, 0.1) is 0 Å². The predicted octanol–water partition coefficient (Wildman–Crippen LogP) is 2.28. The normalized spacial score (nSPS) is 15.6. The van der Waals surface area contributed by atoms with Gasteiger partial charge in [-0.3, -0.25) is 0 Å². The fraction of sp³-hybridized carbons (Fsp3) is 0.429. The standard InChI is InChI=1S/C14H20ClN3/c1-11(17(2)3)12-4-5-14(13(15)10-12)18-8-6-16-7-9-18/h4-5,10,16H,1,6-9H2,2-3H3. The third-order valence-electron chi connectivity index (χ3n) is 3.28. The maximum atomic E-state index is 6.39. The lowest BCUT2D eigenvalue weighted by molar-refractivity contribution is 0.588. The first-order valence-corrected chi connectivity index (χ1v) is 6.59. The van der Waals surface area contributed by atoms with E-state index in [1.54, 1.807) is 0 Å². The van der Waals surface area contributed by atoms with Crippen molar-refractivity contribution in [1.29, 1.82) is 0 Å². The third-order valence-corrected chi connectivity index (χ3v) is 3.58. The van der Waals surface area contributed by atoms with E-state index in [9.17, 15) is 0 Å². The lowest BCUT2D eigenvalue weighted by atomic mass is 10.1. The highest BCUT2D eigenvalue weighted by molar-refractivity contribution is 6.33. The van der Waals surface area contributed by atoms with Gasteiger partial charge in [0.15, 0.2) is 0 Å². The molecule has 0 spiro atoms. The molecule has 98 valence electrons. The average Bonchev–Trinajstić information content (AvgIpc) is 2.38. The molecule has 0 radical (unpaired) electrons. The number of hydrogen-bond acceptors (Lipinski definition) is 3. The van der Waals surface area contributed by atoms with E-state index in [0.717, 1.165) is 48.1 Å². The van der Waals surface area contributed by atoms with Gasteiger partial charge < -0.3 is 15.1 Å². The molecule has 2 rings (SSSR count). The van der Waals surface area contributed by atoms with Crippen LogP contribution in [-0.2, 0) is 0 Å². The molecule has 1 aliphatic rings. The minimum Gasteiger partial charge on any atom is -0.378 e. The zero-order chi connectivity index (χ0) is 13.1. The summed E-state index contributed by atoms with van der Waals surface area (Å²) in [6.45, 7) is 8.10. The van der Waals surface area contributed by atoms with Crippen LogP contribution in [0.15, 0.2) is 24.8 Å². The predicted molar refractivity (Wildman–Crippen MR) is 79.3 cm³/mol. The first kappa shape index (κ1) is 13.2. The molecule has 0 aliphatic carbocycles. The van der Waals surface area contributed by atoms with Crippen LogP contribution >= 0.6 is 11.6 Å². The molecule has 1 saturated heterocycles. The van der Waals surface area contributed by atoms with E-state index in [-0.39, 0.29) is 0 Å². The van der Waals surface area contributed by atoms with E-state index in [1.807, 2.05) is 25.1 Å². The Morgan fingerprint density at radius 2 is 2.00 bits per heavy atom. The van der Waals surface area contributed by atoms with Gasteiger partial charge >= 0.3 is 0 Å². The van der Waals surface area contributed by atoms with Crippen LogP contribution in [0.4, 0.5) is 5.69 Å². The van der Waals surface area contributed by atoms with Crippen LogP contribution in [-0.4, -0.2) is 45.2 Å². The summed E-state index contributed by atoms with van der Waals surface area (Å²) in [6, 6.07) is 6.19. The van der Waals surface area contributed by atoms with Crippen molar-refractivity contribution in [3.63, 3.8) is 0 Å². The summed E-state index contributed by atoms with van der Waals surface area (Å²) in [5.41, 5.74) is 3.17. The van der Waals surface area contributed by atoms with E-state index >= 15 is 0 Å². The topological polar surface area (TPSA) is 18.5 Å². The molecule has 1 aliphatic heterocycles. The van der Waals surface area contributed by atoms with E-state index in [1.165, 1.54) is 0 Å². The zero-order valence-electron chi connectivity index (χ0n) is 11.0. The lowest BCUT2D eigenvalue weighted by Crippen LogP contribution is -2.43. The second-order valence-electron chi connectivity index (χ2n) is 4.74. The van der Waals surface area contributed by atoms with Crippen molar-refractivity contribution in [3.8, 4) is 0 Å². The summed E-state index contributed by atoms with van der Waals surface area (Å²) in [4.78, 5) is 4.32. The highest BCUT2D eigenvalue weighted by Gasteiger charge is 2.14. The van der Waals surface area contributed by atoms with E-state index in [0.29, 0.717) is 0 Å². The van der Waals surface area contributed by atoms with Crippen LogP contribution < -0.4 is 10.2 Å². The van der Waals surface area contributed by atoms with Crippen molar-refractivity contribution < 1.29 is 0 Å². The average molecular weight is 266 g/mol. The van der Waals surface area contributed by atoms with Crippen molar-refractivity contribution in [2.45, 2.75) is 0 Å². The van der Waals surface area contributed by atoms with Gasteiger partial charge in [-0.15, -0.1) is 0 Å². The molecule has 0 unspecified atom stereocenters. The Morgan fingerprint density at radius 1 is 1.33 bits per heavy atom. The van der Waals surface area contributed by atoms with Gasteiger partial charge in [0.25, 0.3) is 0 Å². The molecule has 4 heteroatoms. The highest BCUT2D eigenvalue weighted by atomic mass is 35.5. The molecule has 3 nitrogen and oxygen atoms in total. The number of nitrogens with zero attached hydrogens (tertiary/aromatic N) is 2. The summed E-state index contributed by atoms with van der Waals surface area (Å²) >= 11 is 6.39. The van der Waals surface area contributed by atoms with Crippen LogP contribution in [0.25, 0.3) is 5.70 Å². The Balaban J connectivity index is 2.21. The second-order valence-corrected chi connectivity index (χ2v) is 5.15. The van der Waals surface area contributed by atoms with Gasteiger partial charge in [-0.05, 0) is 17.7 Å². The summed E-state index contributed by atoms with van der Waals surface area (Å²) in [7, 11) is 3.97. The Labute approximate surface area is 114 Å². The number of rotatable bonds is 3. The molecular formula is C14H20ClN3. The maximum absolute atomic E-state index is 6.39. The molecule has 1 N–H and O–H groups in total. The van der Waals surface area contributed by atoms with E-state index in [2.05, 4.69) is 28.9 Å². The first-order valence-electron chi connectivity index (χ1n) is 6.21. The number of hydrogen-bond donors (Lipinski definition) is 1. The Morgan fingerprint density at radius 3 is 2.56 bits per heavy atom. The van der Waals surface area contributed by atoms with Gasteiger partial charge in [-0.1, -0.05) is 24.2 Å². The van der Waals surface area contributed by atoms with Gasteiger partial charge in [-0.2, -0.15) is 0 Å². The minimum atomic E-state index is 0.803. The molecule has 0 amide bonds. The molecule has 18 heavy (non-hydrogen) atoms. The highest BCUT2D eigenvalue weighted by Crippen LogP contribution is 2.29. The van der Waals surface area contributed by atoms with E-state index in [4.69, 9.17) is 11.6 Å². The fourth-order valence-electron chi connectivity index (χ4n) is 2.11. The van der Waals surface area contributed by atoms with Crippen molar-refractivity contribution in [2.75, 3.05) is 45.2 Å².